The molecule has 0 aliphatic rings. The molecule has 1 atom stereocenters. The summed E-state index contributed by atoms with van der Waals surface area (Å²) in [4.78, 5) is 24.1. The highest BCUT2D eigenvalue weighted by Gasteiger charge is 2.20. The summed E-state index contributed by atoms with van der Waals surface area (Å²) in [6.07, 6.45) is 0.544. The molecule has 2 N–H and O–H groups in total. The molecule has 0 saturated heterocycles. The Morgan fingerprint density at radius 2 is 1.66 bits per heavy atom. The van der Waals surface area contributed by atoms with Gasteiger partial charge in [0.2, 0.25) is 5.91 Å². The molecular formula is C23H25N3O3. The first kappa shape index (κ1) is 20.3. The number of carbonyl (C=O) groups excluding carboxylic acids is 1. The van der Waals surface area contributed by atoms with Crippen molar-refractivity contribution in [2.75, 3.05) is 6.54 Å². The zero-order valence-corrected chi connectivity index (χ0v) is 16.6. The lowest BCUT2D eigenvalue weighted by Gasteiger charge is -2.14. The van der Waals surface area contributed by atoms with E-state index in [1.54, 1.807) is 0 Å². The van der Waals surface area contributed by atoms with Crippen LogP contribution in [0.2, 0.25) is 0 Å². The summed E-state index contributed by atoms with van der Waals surface area (Å²) in [5, 5.41) is 16.8. The van der Waals surface area contributed by atoms with Crippen molar-refractivity contribution in [3.63, 3.8) is 0 Å². The lowest BCUT2D eigenvalue weighted by atomic mass is 9.99. The highest BCUT2D eigenvalue weighted by molar-refractivity contribution is 5.80. The number of rotatable bonds is 8. The molecule has 0 bridgehead atoms. The maximum absolute atomic E-state index is 12.5. The first-order valence-corrected chi connectivity index (χ1v) is 9.59. The number of aliphatic carboxylic acids is 1. The molecule has 29 heavy (non-hydrogen) atoms. The molecule has 1 heterocycles. The largest absolute Gasteiger partial charge is 0.481 e. The lowest BCUT2D eigenvalue weighted by Crippen LogP contribution is -2.35. The Morgan fingerprint density at radius 1 is 1.03 bits per heavy atom. The molecule has 0 radical (unpaired) electrons. The Morgan fingerprint density at radius 3 is 2.28 bits per heavy atom. The minimum absolute atomic E-state index is 0.0912. The van der Waals surface area contributed by atoms with Crippen LogP contribution in [0.1, 0.15) is 22.5 Å². The van der Waals surface area contributed by atoms with Gasteiger partial charge < -0.3 is 10.4 Å². The number of nitrogens with one attached hydrogen (secondary N) is 1. The average Bonchev–Trinajstić information content (AvgIpc) is 3.00. The second kappa shape index (κ2) is 9.19. The van der Waals surface area contributed by atoms with Gasteiger partial charge in [-0.2, -0.15) is 5.10 Å². The zero-order valence-electron chi connectivity index (χ0n) is 16.6. The lowest BCUT2D eigenvalue weighted by molar-refractivity contribution is -0.141. The number of carboxylic acid groups (broad SMARTS) is 1. The topological polar surface area (TPSA) is 84.2 Å². The van der Waals surface area contributed by atoms with Crippen molar-refractivity contribution < 1.29 is 14.7 Å². The van der Waals surface area contributed by atoms with Gasteiger partial charge in [-0.25, -0.2) is 4.68 Å². The van der Waals surface area contributed by atoms with E-state index < -0.39 is 11.9 Å². The van der Waals surface area contributed by atoms with Crippen LogP contribution >= 0.6 is 0 Å². The summed E-state index contributed by atoms with van der Waals surface area (Å²) < 4.78 is 1.83. The van der Waals surface area contributed by atoms with E-state index in [-0.39, 0.29) is 18.9 Å². The summed E-state index contributed by atoms with van der Waals surface area (Å²) in [6, 6.07) is 19.2. The van der Waals surface area contributed by atoms with E-state index in [4.69, 9.17) is 0 Å². The number of carbonyl (C=O) groups is 2. The first-order valence-electron chi connectivity index (χ1n) is 9.59. The van der Waals surface area contributed by atoms with Crippen molar-refractivity contribution in [1.29, 1.82) is 0 Å². The van der Waals surface area contributed by atoms with E-state index in [9.17, 15) is 14.7 Å². The maximum atomic E-state index is 12.5. The molecule has 0 saturated carbocycles. The number of benzene rings is 2. The van der Waals surface area contributed by atoms with Crippen LogP contribution in [-0.4, -0.2) is 33.3 Å². The number of para-hydroxylation sites is 1. The number of hydrogen-bond acceptors (Lipinski definition) is 3. The number of aryl methyl sites for hydroxylation is 1. The second-order valence-electron chi connectivity index (χ2n) is 7.10. The zero-order chi connectivity index (χ0) is 20.8. The monoisotopic (exact) mass is 391 g/mol. The summed E-state index contributed by atoms with van der Waals surface area (Å²) in [5.74, 6) is -1.79. The van der Waals surface area contributed by atoms with Gasteiger partial charge >= 0.3 is 5.97 Å². The SMILES string of the molecule is Cc1nn(-c2ccccc2)c(C)c1CC(=O)NCC(Cc1ccccc1)C(=O)O. The van der Waals surface area contributed by atoms with E-state index in [0.29, 0.717) is 6.42 Å². The van der Waals surface area contributed by atoms with Crippen LogP contribution < -0.4 is 5.32 Å². The standard InChI is InChI=1S/C23H25N3O3/c1-16-21(17(2)26(25-16)20-11-7-4-8-12-20)14-22(27)24-15-19(23(28)29)13-18-9-5-3-6-10-18/h3-12,19H,13-15H2,1-2H3,(H,24,27)(H,28,29). The van der Waals surface area contributed by atoms with Gasteiger partial charge in [-0.3, -0.25) is 9.59 Å². The van der Waals surface area contributed by atoms with Crippen LogP contribution in [0.15, 0.2) is 60.7 Å². The normalized spacial score (nSPS) is 11.8. The Kier molecular flexibility index (Phi) is 6.44. The first-order chi connectivity index (χ1) is 14.0. The number of carboxylic acids is 1. The summed E-state index contributed by atoms with van der Waals surface area (Å²) in [6.45, 7) is 3.91. The van der Waals surface area contributed by atoms with E-state index in [2.05, 4.69) is 10.4 Å². The summed E-state index contributed by atoms with van der Waals surface area (Å²) in [7, 11) is 0. The number of aromatic nitrogens is 2. The van der Waals surface area contributed by atoms with E-state index in [1.807, 2.05) is 79.2 Å². The molecule has 3 aromatic rings. The Hall–Kier alpha value is -3.41. The number of amides is 1. The summed E-state index contributed by atoms with van der Waals surface area (Å²) in [5.41, 5.74) is 4.43. The Bertz CT molecular complexity index is 981. The van der Waals surface area contributed by atoms with Gasteiger partial charge in [0, 0.05) is 17.8 Å². The molecule has 6 heteroatoms. The molecule has 0 aliphatic carbocycles. The molecule has 0 fully saturated rings. The van der Waals surface area contributed by atoms with Crippen LogP contribution in [0.4, 0.5) is 0 Å². The number of nitrogens with zero attached hydrogens (tertiary/aromatic N) is 2. The smallest absolute Gasteiger partial charge is 0.308 e. The van der Waals surface area contributed by atoms with Crippen molar-refractivity contribution >= 4 is 11.9 Å². The molecule has 150 valence electrons. The van der Waals surface area contributed by atoms with Crippen molar-refractivity contribution in [3.8, 4) is 5.69 Å². The Balaban J connectivity index is 1.64. The molecule has 0 aliphatic heterocycles. The van der Waals surface area contributed by atoms with Crippen molar-refractivity contribution in [1.82, 2.24) is 15.1 Å². The highest BCUT2D eigenvalue weighted by Crippen LogP contribution is 2.18. The van der Waals surface area contributed by atoms with Crippen LogP contribution in [0.3, 0.4) is 0 Å². The highest BCUT2D eigenvalue weighted by atomic mass is 16.4. The Labute approximate surface area is 170 Å². The number of hydrogen-bond donors (Lipinski definition) is 2. The fourth-order valence-electron chi connectivity index (χ4n) is 3.36. The van der Waals surface area contributed by atoms with Gasteiger partial charge in [-0.05, 0) is 38.0 Å². The summed E-state index contributed by atoms with van der Waals surface area (Å²) >= 11 is 0. The third kappa shape index (κ3) is 5.10. The minimum Gasteiger partial charge on any atom is -0.481 e. The molecule has 0 spiro atoms. The third-order valence-corrected chi connectivity index (χ3v) is 5.00. The van der Waals surface area contributed by atoms with E-state index in [0.717, 1.165) is 28.2 Å². The van der Waals surface area contributed by atoms with Crippen molar-refractivity contribution in [2.24, 2.45) is 5.92 Å². The van der Waals surface area contributed by atoms with Crippen molar-refractivity contribution in [2.45, 2.75) is 26.7 Å². The van der Waals surface area contributed by atoms with Crippen LogP contribution in [0.25, 0.3) is 5.69 Å². The predicted molar refractivity (Wildman–Crippen MR) is 111 cm³/mol. The molecule has 2 aromatic carbocycles. The van der Waals surface area contributed by atoms with Crippen LogP contribution in [0.5, 0.6) is 0 Å². The van der Waals surface area contributed by atoms with Gasteiger partial charge in [0.25, 0.3) is 0 Å². The van der Waals surface area contributed by atoms with E-state index >= 15 is 0 Å². The average molecular weight is 391 g/mol. The molecule has 6 nitrogen and oxygen atoms in total. The fraction of sp³-hybridized carbons (Fsp3) is 0.261. The third-order valence-electron chi connectivity index (χ3n) is 5.00. The molecule has 1 amide bonds. The van der Waals surface area contributed by atoms with Crippen LogP contribution in [0, 0.1) is 19.8 Å². The quantitative estimate of drug-likeness (QED) is 0.618. The van der Waals surface area contributed by atoms with E-state index in [1.165, 1.54) is 0 Å². The minimum atomic E-state index is -0.918. The van der Waals surface area contributed by atoms with Crippen LogP contribution in [-0.2, 0) is 22.4 Å². The molecule has 3 rings (SSSR count). The van der Waals surface area contributed by atoms with Gasteiger partial charge in [-0.15, -0.1) is 0 Å². The molecule has 1 unspecified atom stereocenters. The van der Waals surface area contributed by atoms with Gasteiger partial charge in [0.15, 0.2) is 0 Å². The maximum Gasteiger partial charge on any atom is 0.308 e. The fourth-order valence-corrected chi connectivity index (χ4v) is 3.36. The molecular weight excluding hydrogens is 366 g/mol. The molecule has 1 aromatic heterocycles. The second-order valence-corrected chi connectivity index (χ2v) is 7.10. The van der Waals surface area contributed by atoms with Gasteiger partial charge in [0.1, 0.15) is 0 Å². The predicted octanol–water partition coefficient (Wildman–Crippen LogP) is 3.09. The van der Waals surface area contributed by atoms with Gasteiger partial charge in [-0.1, -0.05) is 48.5 Å². The van der Waals surface area contributed by atoms with Crippen molar-refractivity contribution in [3.05, 3.63) is 83.2 Å². The van der Waals surface area contributed by atoms with Gasteiger partial charge in [0.05, 0.1) is 23.7 Å².